The zero-order chi connectivity index (χ0) is 17.4. The highest BCUT2D eigenvalue weighted by molar-refractivity contribution is 9.10. The number of carboxylic acids is 1. The molecule has 6 nitrogen and oxygen atoms in total. The number of rotatable bonds is 8. The summed E-state index contributed by atoms with van der Waals surface area (Å²) < 4.78 is 13.6. The van der Waals surface area contributed by atoms with E-state index in [4.69, 9.17) is 5.11 Å². The second kappa shape index (κ2) is 9.24. The lowest BCUT2D eigenvalue weighted by Gasteiger charge is -2.11. The van der Waals surface area contributed by atoms with Crippen molar-refractivity contribution < 1.29 is 23.9 Å². The Morgan fingerprint density at radius 3 is 2.65 bits per heavy atom. The minimum atomic E-state index is -0.917. The van der Waals surface area contributed by atoms with Gasteiger partial charge in [0, 0.05) is 30.4 Å². The summed E-state index contributed by atoms with van der Waals surface area (Å²) in [7, 11) is 0. The Hall–Kier alpha value is -1.96. The van der Waals surface area contributed by atoms with Gasteiger partial charge in [0.25, 0.3) is 5.91 Å². The molecule has 0 radical (unpaired) electrons. The first-order chi connectivity index (χ1) is 10.8. The predicted octanol–water partition coefficient (Wildman–Crippen LogP) is 1.94. The van der Waals surface area contributed by atoms with Crippen LogP contribution in [0.5, 0.6) is 0 Å². The van der Waals surface area contributed by atoms with Gasteiger partial charge in [-0.25, -0.2) is 4.39 Å². The van der Waals surface area contributed by atoms with E-state index in [9.17, 15) is 18.8 Å². The summed E-state index contributed by atoms with van der Waals surface area (Å²) in [6.07, 6.45) is 0.0308. The number of carbonyl (C=O) groups is 3. The van der Waals surface area contributed by atoms with Crippen molar-refractivity contribution in [1.29, 1.82) is 0 Å². The molecule has 0 spiro atoms. The molecule has 126 valence electrons. The molecule has 0 aliphatic carbocycles. The van der Waals surface area contributed by atoms with Crippen LogP contribution in [0.25, 0.3) is 0 Å². The Morgan fingerprint density at radius 1 is 1.30 bits per heavy atom. The van der Waals surface area contributed by atoms with Crippen molar-refractivity contribution in [2.75, 3.05) is 13.1 Å². The van der Waals surface area contributed by atoms with Crippen LogP contribution in [-0.2, 0) is 9.59 Å². The summed E-state index contributed by atoms with van der Waals surface area (Å²) in [4.78, 5) is 34.0. The van der Waals surface area contributed by atoms with Gasteiger partial charge < -0.3 is 15.7 Å². The van der Waals surface area contributed by atoms with Crippen molar-refractivity contribution in [3.8, 4) is 0 Å². The second-order valence-electron chi connectivity index (χ2n) is 5.14. The topological polar surface area (TPSA) is 95.5 Å². The fourth-order valence-electron chi connectivity index (χ4n) is 1.80. The van der Waals surface area contributed by atoms with Crippen LogP contribution >= 0.6 is 15.9 Å². The third-order valence-electron chi connectivity index (χ3n) is 2.98. The van der Waals surface area contributed by atoms with Crippen LogP contribution in [0.3, 0.4) is 0 Å². The first kappa shape index (κ1) is 19.1. The van der Waals surface area contributed by atoms with Crippen molar-refractivity contribution in [2.45, 2.75) is 19.8 Å². The third-order valence-corrected chi connectivity index (χ3v) is 3.67. The van der Waals surface area contributed by atoms with E-state index in [0.717, 1.165) is 6.07 Å². The summed E-state index contributed by atoms with van der Waals surface area (Å²) in [6.45, 7) is 2.08. The number of hydrogen-bond donors (Lipinski definition) is 3. The van der Waals surface area contributed by atoms with E-state index in [1.165, 1.54) is 12.1 Å². The first-order valence-corrected chi connectivity index (χ1v) is 7.80. The third kappa shape index (κ3) is 7.23. The minimum Gasteiger partial charge on any atom is -0.481 e. The molecule has 1 aromatic rings. The zero-order valence-corrected chi connectivity index (χ0v) is 14.2. The van der Waals surface area contributed by atoms with E-state index in [2.05, 4.69) is 26.6 Å². The highest BCUT2D eigenvalue weighted by Gasteiger charge is 2.12. The van der Waals surface area contributed by atoms with Crippen LogP contribution in [0, 0.1) is 11.7 Å². The molecule has 0 aliphatic heterocycles. The van der Waals surface area contributed by atoms with E-state index in [-0.39, 0.29) is 43.3 Å². The molecule has 1 atom stereocenters. The van der Waals surface area contributed by atoms with Gasteiger partial charge in [0.1, 0.15) is 5.82 Å². The highest BCUT2D eigenvalue weighted by atomic mass is 79.9. The quantitative estimate of drug-likeness (QED) is 0.633. The molecular weight excluding hydrogens is 371 g/mol. The maximum Gasteiger partial charge on any atom is 0.303 e. The lowest BCUT2D eigenvalue weighted by Crippen LogP contribution is -2.33. The summed E-state index contributed by atoms with van der Waals surface area (Å²) in [5.74, 6) is -2.39. The predicted molar refractivity (Wildman–Crippen MR) is 85.5 cm³/mol. The Bertz CT molecular complexity index is 595. The van der Waals surface area contributed by atoms with Crippen molar-refractivity contribution in [1.82, 2.24) is 10.6 Å². The van der Waals surface area contributed by atoms with Gasteiger partial charge in [-0.3, -0.25) is 14.4 Å². The molecule has 2 amide bonds. The Morgan fingerprint density at radius 2 is 2.00 bits per heavy atom. The van der Waals surface area contributed by atoms with Gasteiger partial charge in [0.05, 0.1) is 5.56 Å². The summed E-state index contributed by atoms with van der Waals surface area (Å²) in [5.41, 5.74) is 0.153. The molecule has 0 aromatic heterocycles. The molecule has 0 fully saturated rings. The molecule has 1 unspecified atom stereocenters. The number of carboxylic acid groups (broad SMARTS) is 1. The Labute approximate surface area is 141 Å². The fourth-order valence-corrected chi connectivity index (χ4v) is 2.23. The summed E-state index contributed by atoms with van der Waals surface area (Å²) in [5, 5.41) is 13.7. The van der Waals surface area contributed by atoms with Crippen LogP contribution in [-0.4, -0.2) is 36.0 Å². The average Bonchev–Trinajstić information content (AvgIpc) is 2.46. The number of carbonyl (C=O) groups excluding carboxylic acids is 2. The summed E-state index contributed by atoms with van der Waals surface area (Å²) >= 11 is 3.16. The van der Waals surface area contributed by atoms with E-state index < -0.39 is 17.7 Å². The van der Waals surface area contributed by atoms with E-state index >= 15 is 0 Å². The second-order valence-corrected chi connectivity index (χ2v) is 5.99. The van der Waals surface area contributed by atoms with Crippen LogP contribution in [0.4, 0.5) is 4.39 Å². The maximum atomic E-state index is 13.1. The number of halogens is 2. The average molecular weight is 389 g/mol. The molecule has 0 bridgehead atoms. The number of amides is 2. The molecule has 0 heterocycles. The minimum absolute atomic E-state index is 0.0232. The SMILES string of the molecule is CC(CNC(=O)CCNC(=O)c1cc(F)ccc1Br)CC(=O)O. The Balaban J connectivity index is 2.33. The molecule has 23 heavy (non-hydrogen) atoms. The molecule has 1 aromatic carbocycles. The van der Waals surface area contributed by atoms with Crippen LogP contribution in [0.15, 0.2) is 22.7 Å². The van der Waals surface area contributed by atoms with Crippen LogP contribution < -0.4 is 10.6 Å². The Kier molecular flexibility index (Phi) is 7.67. The molecule has 3 N–H and O–H groups in total. The maximum absolute atomic E-state index is 13.1. The van der Waals surface area contributed by atoms with Gasteiger partial charge in [-0.1, -0.05) is 6.92 Å². The van der Waals surface area contributed by atoms with Gasteiger partial charge >= 0.3 is 5.97 Å². The number of benzene rings is 1. The van der Waals surface area contributed by atoms with Gasteiger partial charge in [-0.2, -0.15) is 0 Å². The first-order valence-electron chi connectivity index (χ1n) is 7.01. The number of nitrogens with one attached hydrogen (secondary N) is 2. The van der Waals surface area contributed by atoms with E-state index in [1.54, 1.807) is 6.92 Å². The fraction of sp³-hybridized carbons (Fsp3) is 0.400. The standard InChI is InChI=1S/C15H18BrFN2O4/c1-9(6-14(21)22)8-19-13(20)4-5-18-15(23)11-7-10(17)2-3-12(11)16/h2-3,7,9H,4-6,8H2,1H3,(H,18,23)(H,19,20)(H,21,22). The summed E-state index contributed by atoms with van der Waals surface area (Å²) in [6, 6.07) is 3.76. The lowest BCUT2D eigenvalue weighted by molar-refractivity contribution is -0.138. The number of aliphatic carboxylic acids is 1. The van der Waals surface area contributed by atoms with Crippen molar-refractivity contribution in [3.05, 3.63) is 34.1 Å². The van der Waals surface area contributed by atoms with E-state index in [0.29, 0.717) is 4.47 Å². The molecule has 8 heteroatoms. The zero-order valence-electron chi connectivity index (χ0n) is 12.6. The van der Waals surface area contributed by atoms with Crippen molar-refractivity contribution in [3.63, 3.8) is 0 Å². The molecule has 0 saturated heterocycles. The number of hydrogen-bond acceptors (Lipinski definition) is 3. The largest absolute Gasteiger partial charge is 0.481 e. The smallest absolute Gasteiger partial charge is 0.303 e. The van der Waals surface area contributed by atoms with Gasteiger partial charge in [0.15, 0.2) is 0 Å². The van der Waals surface area contributed by atoms with Crippen molar-refractivity contribution in [2.24, 2.45) is 5.92 Å². The molecule has 1 rings (SSSR count). The lowest BCUT2D eigenvalue weighted by atomic mass is 10.1. The highest BCUT2D eigenvalue weighted by Crippen LogP contribution is 2.17. The van der Waals surface area contributed by atoms with Crippen LogP contribution in [0.2, 0.25) is 0 Å². The van der Waals surface area contributed by atoms with Gasteiger partial charge in [-0.05, 0) is 40.0 Å². The molecular formula is C15H18BrFN2O4. The monoisotopic (exact) mass is 388 g/mol. The van der Waals surface area contributed by atoms with E-state index in [1.807, 2.05) is 0 Å². The normalized spacial score (nSPS) is 11.6. The van der Waals surface area contributed by atoms with Crippen LogP contribution in [0.1, 0.15) is 30.1 Å². The van der Waals surface area contributed by atoms with Gasteiger partial charge in [0.2, 0.25) is 5.91 Å². The molecule has 0 aliphatic rings. The molecule has 0 saturated carbocycles. The van der Waals surface area contributed by atoms with Crippen molar-refractivity contribution >= 4 is 33.7 Å². The van der Waals surface area contributed by atoms with Gasteiger partial charge in [-0.15, -0.1) is 0 Å².